The van der Waals surface area contributed by atoms with Crippen molar-refractivity contribution in [1.82, 2.24) is 14.5 Å². The maximum absolute atomic E-state index is 11.4. The van der Waals surface area contributed by atoms with Crippen LogP contribution in [-0.4, -0.2) is 80.9 Å². The fourth-order valence-corrected chi connectivity index (χ4v) is 3.08. The smallest absolute Gasteiger partial charge is 0.211 e. The van der Waals surface area contributed by atoms with E-state index in [2.05, 4.69) is 10.2 Å². The molecule has 1 unspecified atom stereocenters. The summed E-state index contributed by atoms with van der Waals surface area (Å²) in [6, 6.07) is 0.282. The third-order valence-corrected chi connectivity index (χ3v) is 4.55. The zero-order valence-electron chi connectivity index (χ0n) is 11.3. The molecule has 0 radical (unpaired) electrons. The van der Waals surface area contributed by atoms with Gasteiger partial charge in [0.05, 0.1) is 6.26 Å². The zero-order chi connectivity index (χ0) is 13.6. The van der Waals surface area contributed by atoms with Crippen molar-refractivity contribution in [2.45, 2.75) is 19.4 Å². The molecule has 0 spiro atoms. The summed E-state index contributed by atoms with van der Waals surface area (Å²) in [4.78, 5) is 2.25. The van der Waals surface area contributed by atoms with E-state index in [9.17, 15) is 8.42 Å². The molecule has 1 aliphatic heterocycles. The first kappa shape index (κ1) is 15.8. The predicted octanol–water partition coefficient (Wildman–Crippen LogP) is -1.08. The van der Waals surface area contributed by atoms with Crippen LogP contribution in [0.5, 0.6) is 0 Å². The molecule has 0 aromatic heterocycles. The van der Waals surface area contributed by atoms with Gasteiger partial charge in [-0.05, 0) is 13.0 Å². The van der Waals surface area contributed by atoms with Crippen LogP contribution in [-0.2, 0) is 10.0 Å². The molecule has 0 amide bonds. The summed E-state index contributed by atoms with van der Waals surface area (Å²) in [5.41, 5.74) is 0. The molecule has 1 rings (SSSR count). The van der Waals surface area contributed by atoms with Gasteiger partial charge in [0, 0.05) is 45.4 Å². The number of nitrogens with zero attached hydrogens (tertiary/aromatic N) is 2. The van der Waals surface area contributed by atoms with E-state index in [1.165, 1.54) is 10.6 Å². The lowest BCUT2D eigenvalue weighted by Gasteiger charge is -2.35. The van der Waals surface area contributed by atoms with Crippen molar-refractivity contribution >= 4 is 10.0 Å². The Labute approximate surface area is 110 Å². The molecule has 0 aliphatic carbocycles. The zero-order valence-corrected chi connectivity index (χ0v) is 12.1. The second-order valence-corrected chi connectivity index (χ2v) is 6.71. The summed E-state index contributed by atoms with van der Waals surface area (Å²) in [6.07, 6.45) is 2.00. The number of piperazine rings is 1. The van der Waals surface area contributed by atoms with Gasteiger partial charge in [-0.15, -0.1) is 0 Å². The molecule has 1 atom stereocenters. The molecule has 0 bridgehead atoms. The van der Waals surface area contributed by atoms with E-state index in [0.717, 1.165) is 32.6 Å². The standard InChI is InChI=1S/C11H25N3O3S/c1-3-12-11(4-9-15)10-13-5-7-14(8-6-13)18(2,16)17/h11-12,15H,3-10H2,1-2H3. The third kappa shape index (κ3) is 5.19. The molecule has 18 heavy (non-hydrogen) atoms. The molecule has 7 heteroatoms. The van der Waals surface area contributed by atoms with E-state index >= 15 is 0 Å². The van der Waals surface area contributed by atoms with Crippen LogP contribution >= 0.6 is 0 Å². The Kier molecular flexibility index (Phi) is 6.51. The van der Waals surface area contributed by atoms with Crippen LogP contribution in [0.15, 0.2) is 0 Å². The fourth-order valence-electron chi connectivity index (χ4n) is 2.26. The summed E-state index contributed by atoms with van der Waals surface area (Å²) >= 11 is 0. The highest BCUT2D eigenvalue weighted by atomic mass is 32.2. The van der Waals surface area contributed by atoms with Gasteiger partial charge in [-0.25, -0.2) is 8.42 Å². The van der Waals surface area contributed by atoms with Crippen LogP contribution in [0.2, 0.25) is 0 Å². The molecule has 1 heterocycles. The number of aliphatic hydroxyl groups is 1. The minimum atomic E-state index is -3.05. The Morgan fingerprint density at radius 3 is 2.33 bits per heavy atom. The van der Waals surface area contributed by atoms with Gasteiger partial charge in [0.2, 0.25) is 10.0 Å². The molecule has 1 saturated heterocycles. The van der Waals surface area contributed by atoms with E-state index in [4.69, 9.17) is 5.11 Å². The number of aliphatic hydroxyl groups excluding tert-OH is 1. The highest BCUT2D eigenvalue weighted by Gasteiger charge is 2.24. The van der Waals surface area contributed by atoms with Gasteiger partial charge in [0.25, 0.3) is 0 Å². The molecule has 0 saturated carbocycles. The molecule has 108 valence electrons. The maximum Gasteiger partial charge on any atom is 0.211 e. The van der Waals surface area contributed by atoms with Crippen molar-refractivity contribution < 1.29 is 13.5 Å². The van der Waals surface area contributed by atoms with Crippen molar-refractivity contribution in [3.05, 3.63) is 0 Å². The van der Waals surface area contributed by atoms with Crippen molar-refractivity contribution in [3.63, 3.8) is 0 Å². The van der Waals surface area contributed by atoms with Crippen molar-refractivity contribution in [2.75, 3.05) is 52.1 Å². The van der Waals surface area contributed by atoms with Crippen molar-refractivity contribution in [2.24, 2.45) is 0 Å². The Morgan fingerprint density at radius 2 is 1.89 bits per heavy atom. The highest BCUT2D eigenvalue weighted by Crippen LogP contribution is 2.07. The number of rotatable bonds is 7. The lowest BCUT2D eigenvalue weighted by Crippen LogP contribution is -2.52. The van der Waals surface area contributed by atoms with Crippen LogP contribution in [0, 0.1) is 0 Å². The van der Waals surface area contributed by atoms with Gasteiger partial charge in [-0.1, -0.05) is 6.92 Å². The summed E-state index contributed by atoms with van der Waals surface area (Å²) < 4.78 is 24.3. The second kappa shape index (κ2) is 7.40. The molecule has 0 aromatic carbocycles. The average Bonchev–Trinajstić information content (AvgIpc) is 2.29. The van der Waals surface area contributed by atoms with E-state index in [1.54, 1.807) is 0 Å². The van der Waals surface area contributed by atoms with E-state index in [-0.39, 0.29) is 12.6 Å². The highest BCUT2D eigenvalue weighted by molar-refractivity contribution is 7.88. The Hall–Kier alpha value is -0.210. The molecular weight excluding hydrogens is 254 g/mol. The Balaban J connectivity index is 2.38. The topological polar surface area (TPSA) is 72.9 Å². The fraction of sp³-hybridized carbons (Fsp3) is 1.00. The van der Waals surface area contributed by atoms with Crippen LogP contribution in [0.25, 0.3) is 0 Å². The van der Waals surface area contributed by atoms with Crippen molar-refractivity contribution in [3.8, 4) is 0 Å². The molecular formula is C11H25N3O3S. The predicted molar refractivity (Wildman–Crippen MR) is 72.0 cm³/mol. The van der Waals surface area contributed by atoms with Gasteiger partial charge in [0.15, 0.2) is 0 Å². The monoisotopic (exact) mass is 279 g/mol. The minimum Gasteiger partial charge on any atom is -0.396 e. The Morgan fingerprint density at radius 1 is 1.28 bits per heavy atom. The summed E-state index contributed by atoms with van der Waals surface area (Å²) in [5, 5.41) is 12.3. The summed E-state index contributed by atoms with van der Waals surface area (Å²) in [5.74, 6) is 0. The molecule has 0 aromatic rings. The normalized spacial score (nSPS) is 21.1. The van der Waals surface area contributed by atoms with Gasteiger partial charge >= 0.3 is 0 Å². The lowest BCUT2D eigenvalue weighted by molar-refractivity contribution is 0.161. The number of hydrogen-bond donors (Lipinski definition) is 2. The van der Waals surface area contributed by atoms with Crippen LogP contribution in [0.3, 0.4) is 0 Å². The van der Waals surface area contributed by atoms with Crippen molar-refractivity contribution in [1.29, 1.82) is 0 Å². The van der Waals surface area contributed by atoms with Gasteiger partial charge in [-0.2, -0.15) is 4.31 Å². The summed E-state index contributed by atoms with van der Waals surface area (Å²) in [6.45, 7) is 6.64. The lowest BCUT2D eigenvalue weighted by atomic mass is 10.2. The van der Waals surface area contributed by atoms with E-state index in [0.29, 0.717) is 13.1 Å². The summed E-state index contributed by atoms with van der Waals surface area (Å²) in [7, 11) is -3.05. The quantitative estimate of drug-likeness (QED) is 0.620. The number of nitrogens with one attached hydrogen (secondary N) is 1. The largest absolute Gasteiger partial charge is 0.396 e. The van der Waals surface area contributed by atoms with Crippen LogP contribution in [0.1, 0.15) is 13.3 Å². The van der Waals surface area contributed by atoms with E-state index < -0.39 is 10.0 Å². The third-order valence-electron chi connectivity index (χ3n) is 3.25. The van der Waals surface area contributed by atoms with Gasteiger partial charge < -0.3 is 10.4 Å². The first-order valence-corrected chi connectivity index (χ1v) is 8.34. The molecule has 1 fully saturated rings. The van der Waals surface area contributed by atoms with E-state index in [1.807, 2.05) is 6.92 Å². The first-order valence-electron chi connectivity index (χ1n) is 6.49. The molecule has 2 N–H and O–H groups in total. The average molecular weight is 279 g/mol. The number of sulfonamides is 1. The molecule has 6 nitrogen and oxygen atoms in total. The van der Waals surface area contributed by atoms with Crippen LogP contribution in [0.4, 0.5) is 0 Å². The number of likely N-dealkylation sites (N-methyl/N-ethyl adjacent to an activating group) is 1. The molecule has 1 aliphatic rings. The minimum absolute atomic E-state index is 0.182. The Bertz CT molecular complexity index is 320. The van der Waals surface area contributed by atoms with Crippen LogP contribution < -0.4 is 5.32 Å². The second-order valence-electron chi connectivity index (χ2n) is 4.73. The van der Waals surface area contributed by atoms with Gasteiger partial charge in [0.1, 0.15) is 0 Å². The SMILES string of the molecule is CCNC(CCO)CN1CCN(S(C)(=O)=O)CC1. The maximum atomic E-state index is 11.4. The number of hydrogen-bond acceptors (Lipinski definition) is 5. The first-order chi connectivity index (χ1) is 8.47. The van der Waals surface area contributed by atoms with Gasteiger partial charge in [-0.3, -0.25) is 4.90 Å².